The fourth-order valence-electron chi connectivity index (χ4n) is 1.58. The molecular formula is C14H12F3N5. The number of nitrogens with one attached hydrogen (secondary N) is 1. The van der Waals surface area contributed by atoms with Crippen LogP contribution in [0.4, 0.5) is 13.2 Å². The van der Waals surface area contributed by atoms with Crippen LogP contribution in [0.25, 0.3) is 11.3 Å². The zero-order valence-electron chi connectivity index (χ0n) is 11.5. The molecule has 0 aliphatic rings. The Morgan fingerprint density at radius 2 is 1.86 bits per heavy atom. The third-order valence-corrected chi connectivity index (χ3v) is 2.73. The predicted octanol–water partition coefficient (Wildman–Crippen LogP) is 2.62. The highest BCUT2D eigenvalue weighted by atomic mass is 19.4. The van der Waals surface area contributed by atoms with Crippen molar-refractivity contribution in [1.82, 2.24) is 15.0 Å². The molecule has 0 saturated carbocycles. The Bertz CT molecular complexity index is 720. The molecular weight excluding hydrogens is 295 g/mol. The summed E-state index contributed by atoms with van der Waals surface area (Å²) in [6.45, 7) is 1.73. The zero-order valence-corrected chi connectivity index (χ0v) is 11.5. The van der Waals surface area contributed by atoms with E-state index in [1.807, 2.05) is 0 Å². The van der Waals surface area contributed by atoms with Gasteiger partial charge >= 0.3 is 6.18 Å². The van der Waals surface area contributed by atoms with Crippen LogP contribution in [0.1, 0.15) is 11.5 Å². The Kier molecular flexibility index (Phi) is 4.20. The van der Waals surface area contributed by atoms with E-state index in [1.165, 1.54) is 6.07 Å². The van der Waals surface area contributed by atoms with E-state index in [1.54, 1.807) is 31.5 Å². The van der Waals surface area contributed by atoms with E-state index in [9.17, 15) is 13.2 Å². The highest BCUT2D eigenvalue weighted by molar-refractivity contribution is 6.05. The molecule has 0 saturated heterocycles. The van der Waals surface area contributed by atoms with Crippen molar-refractivity contribution in [1.29, 1.82) is 5.41 Å². The van der Waals surface area contributed by atoms with Gasteiger partial charge in [-0.25, -0.2) is 15.0 Å². The summed E-state index contributed by atoms with van der Waals surface area (Å²) in [5.74, 6) is 0.591. The minimum Gasteiger partial charge on any atom is -0.395 e. The number of rotatable bonds is 3. The normalized spacial score (nSPS) is 12.3. The second-order valence-electron chi connectivity index (χ2n) is 4.44. The summed E-state index contributed by atoms with van der Waals surface area (Å²) in [6, 6.07) is 4.67. The molecule has 2 aromatic heterocycles. The molecule has 22 heavy (non-hydrogen) atoms. The first-order chi connectivity index (χ1) is 10.3. The summed E-state index contributed by atoms with van der Waals surface area (Å²) in [6.07, 6.45) is -1.03. The first-order valence-corrected chi connectivity index (χ1v) is 6.17. The molecule has 0 aliphatic heterocycles. The third kappa shape index (κ3) is 3.66. The number of aromatic nitrogens is 3. The van der Waals surface area contributed by atoms with Crippen molar-refractivity contribution in [3.8, 4) is 11.3 Å². The molecule has 2 heterocycles. The first kappa shape index (κ1) is 15.6. The van der Waals surface area contributed by atoms with Crippen LogP contribution in [0.5, 0.6) is 0 Å². The lowest BCUT2D eigenvalue weighted by atomic mass is 10.1. The Balaban J connectivity index is 2.33. The molecule has 0 amide bonds. The molecule has 0 spiro atoms. The Morgan fingerprint density at radius 3 is 2.45 bits per heavy atom. The van der Waals surface area contributed by atoms with Crippen LogP contribution in [0.3, 0.4) is 0 Å². The molecule has 0 bridgehead atoms. The summed E-state index contributed by atoms with van der Waals surface area (Å²) < 4.78 is 37.1. The number of aryl methyl sites for hydroxylation is 1. The van der Waals surface area contributed by atoms with E-state index in [0.717, 1.165) is 0 Å². The molecule has 114 valence electrons. The van der Waals surface area contributed by atoms with Gasteiger partial charge in [0.1, 0.15) is 11.5 Å². The van der Waals surface area contributed by atoms with Crippen LogP contribution >= 0.6 is 0 Å². The number of nitrogens with two attached hydrogens (primary N) is 1. The highest BCUT2D eigenvalue weighted by Gasteiger charge is 2.31. The maximum absolute atomic E-state index is 12.4. The molecule has 0 aromatic carbocycles. The number of allylic oxidation sites excluding steroid dienone is 2. The average Bonchev–Trinajstić information content (AvgIpc) is 2.47. The number of hydrogen-bond donors (Lipinski definition) is 2. The minimum absolute atomic E-state index is 0.0743. The molecule has 0 fully saturated rings. The van der Waals surface area contributed by atoms with E-state index in [0.29, 0.717) is 23.2 Å². The van der Waals surface area contributed by atoms with Gasteiger partial charge in [-0.05, 0) is 25.1 Å². The first-order valence-electron chi connectivity index (χ1n) is 6.17. The van der Waals surface area contributed by atoms with Gasteiger partial charge in [-0.15, -0.1) is 0 Å². The Hall–Kier alpha value is -2.77. The number of halogens is 3. The minimum atomic E-state index is -4.67. The third-order valence-electron chi connectivity index (χ3n) is 2.73. The summed E-state index contributed by atoms with van der Waals surface area (Å²) in [4.78, 5) is 12.2. The lowest BCUT2D eigenvalue weighted by molar-refractivity contribution is -0.0925. The Labute approximate surface area is 124 Å². The maximum Gasteiger partial charge on any atom is 0.430 e. The molecule has 0 radical (unpaired) electrons. The quantitative estimate of drug-likeness (QED) is 0.853. The number of hydrogen-bond acceptors (Lipinski definition) is 5. The Morgan fingerprint density at radius 1 is 1.23 bits per heavy atom. The second-order valence-corrected chi connectivity index (χ2v) is 4.44. The smallest absolute Gasteiger partial charge is 0.395 e. The van der Waals surface area contributed by atoms with Crippen molar-refractivity contribution in [3.63, 3.8) is 0 Å². The van der Waals surface area contributed by atoms with Crippen LogP contribution < -0.4 is 5.73 Å². The molecule has 0 aliphatic carbocycles. The molecule has 5 nitrogen and oxygen atoms in total. The topological polar surface area (TPSA) is 88.5 Å². The largest absolute Gasteiger partial charge is 0.430 e. The van der Waals surface area contributed by atoms with Crippen molar-refractivity contribution < 1.29 is 13.2 Å². The van der Waals surface area contributed by atoms with Crippen molar-refractivity contribution in [2.75, 3.05) is 0 Å². The predicted molar refractivity (Wildman–Crippen MR) is 75.2 cm³/mol. The lowest BCUT2D eigenvalue weighted by Crippen LogP contribution is -2.20. The van der Waals surface area contributed by atoms with Crippen LogP contribution in [-0.4, -0.2) is 26.8 Å². The van der Waals surface area contributed by atoms with Crippen molar-refractivity contribution >= 4 is 5.71 Å². The summed E-state index contributed by atoms with van der Waals surface area (Å²) in [5.41, 5.74) is 4.27. The molecule has 0 unspecified atom stereocenters. The number of pyridine rings is 1. The van der Waals surface area contributed by atoms with E-state index >= 15 is 0 Å². The van der Waals surface area contributed by atoms with Crippen molar-refractivity contribution in [2.24, 2.45) is 5.73 Å². The van der Waals surface area contributed by atoms with Crippen molar-refractivity contribution in [3.05, 3.63) is 53.9 Å². The molecule has 2 rings (SSSR count). The van der Waals surface area contributed by atoms with E-state index < -0.39 is 17.6 Å². The average molecular weight is 307 g/mol. The molecule has 8 heteroatoms. The van der Waals surface area contributed by atoms with Gasteiger partial charge in [-0.2, -0.15) is 13.2 Å². The SMILES string of the molecule is Cc1ncc(-c2cccc(C(=N)C=C(N)C(F)(F)F)n2)cn1. The van der Waals surface area contributed by atoms with Crippen LogP contribution in [-0.2, 0) is 0 Å². The van der Waals surface area contributed by atoms with Gasteiger partial charge in [0.15, 0.2) is 0 Å². The number of alkyl halides is 3. The molecule has 2 aromatic rings. The van der Waals surface area contributed by atoms with Gasteiger partial charge in [0.2, 0.25) is 0 Å². The monoisotopic (exact) mass is 307 g/mol. The van der Waals surface area contributed by atoms with Gasteiger partial charge in [0.25, 0.3) is 0 Å². The van der Waals surface area contributed by atoms with E-state index in [4.69, 9.17) is 11.1 Å². The fourth-order valence-corrected chi connectivity index (χ4v) is 1.58. The summed E-state index contributed by atoms with van der Waals surface area (Å²) in [7, 11) is 0. The summed E-state index contributed by atoms with van der Waals surface area (Å²) in [5, 5.41) is 7.68. The van der Waals surface area contributed by atoms with Crippen LogP contribution in [0.15, 0.2) is 42.4 Å². The van der Waals surface area contributed by atoms with Crippen LogP contribution in [0, 0.1) is 12.3 Å². The lowest BCUT2D eigenvalue weighted by Gasteiger charge is -2.07. The van der Waals surface area contributed by atoms with Gasteiger partial charge in [0.05, 0.1) is 17.1 Å². The maximum atomic E-state index is 12.4. The summed E-state index contributed by atoms with van der Waals surface area (Å²) >= 11 is 0. The van der Waals surface area contributed by atoms with Crippen LogP contribution in [0.2, 0.25) is 0 Å². The fraction of sp³-hybridized carbons (Fsp3) is 0.143. The molecule has 0 atom stereocenters. The standard InChI is InChI=1S/C14H12F3N5/c1-8-20-6-9(7-21-8)11-3-2-4-12(22-11)10(18)5-13(19)14(15,16)17/h2-7,18H,19H2,1H3. The zero-order chi connectivity index (χ0) is 16.3. The van der Waals surface area contributed by atoms with Gasteiger partial charge < -0.3 is 5.73 Å². The van der Waals surface area contributed by atoms with Gasteiger partial charge in [0, 0.05) is 18.0 Å². The van der Waals surface area contributed by atoms with E-state index in [-0.39, 0.29) is 5.69 Å². The second kappa shape index (κ2) is 5.92. The van der Waals surface area contributed by atoms with Crippen molar-refractivity contribution in [2.45, 2.75) is 13.1 Å². The number of nitrogens with zero attached hydrogens (tertiary/aromatic N) is 3. The highest BCUT2D eigenvalue weighted by Crippen LogP contribution is 2.22. The van der Waals surface area contributed by atoms with Gasteiger partial charge in [-0.3, -0.25) is 5.41 Å². The molecule has 3 N–H and O–H groups in total. The van der Waals surface area contributed by atoms with Gasteiger partial charge in [-0.1, -0.05) is 6.07 Å². The van der Waals surface area contributed by atoms with E-state index in [2.05, 4.69) is 15.0 Å².